The second kappa shape index (κ2) is 13.8. The Balaban J connectivity index is 1.71. The summed E-state index contributed by atoms with van der Waals surface area (Å²) in [5.41, 5.74) is 3.77. The number of nitrogens with one attached hydrogen (secondary N) is 2. The lowest BCUT2D eigenvalue weighted by molar-refractivity contribution is -0.147. The number of ether oxygens (including phenoxy) is 2. The zero-order chi connectivity index (χ0) is 24.9. The van der Waals surface area contributed by atoms with E-state index < -0.39 is 17.8 Å². The third-order valence-corrected chi connectivity index (χ3v) is 5.09. The fourth-order valence-electron chi connectivity index (χ4n) is 3.32. The van der Waals surface area contributed by atoms with Crippen LogP contribution < -0.4 is 10.6 Å². The van der Waals surface area contributed by atoms with Gasteiger partial charge in [-0.05, 0) is 61.6 Å². The molecule has 2 aromatic carbocycles. The SMILES string of the molecule is CCOC(=O)c1ccc(NC(=O)CCCC(=O)OCC(=O)Nc2c(CC)cccc2CC)cc1. The largest absolute Gasteiger partial charge is 0.462 e. The van der Waals surface area contributed by atoms with Gasteiger partial charge in [-0.2, -0.15) is 0 Å². The topological polar surface area (TPSA) is 111 Å². The van der Waals surface area contributed by atoms with Gasteiger partial charge < -0.3 is 20.1 Å². The van der Waals surface area contributed by atoms with Crippen LogP contribution in [0.25, 0.3) is 0 Å². The Morgan fingerprint density at radius 2 is 1.41 bits per heavy atom. The van der Waals surface area contributed by atoms with Crippen molar-refractivity contribution in [3.8, 4) is 0 Å². The van der Waals surface area contributed by atoms with Crippen molar-refractivity contribution in [2.45, 2.75) is 52.9 Å². The third-order valence-electron chi connectivity index (χ3n) is 5.09. The van der Waals surface area contributed by atoms with Crippen LogP contribution in [0.3, 0.4) is 0 Å². The summed E-state index contributed by atoms with van der Waals surface area (Å²) in [4.78, 5) is 48.0. The summed E-state index contributed by atoms with van der Waals surface area (Å²) in [6, 6.07) is 12.2. The monoisotopic (exact) mass is 468 g/mol. The van der Waals surface area contributed by atoms with E-state index in [0.29, 0.717) is 11.3 Å². The molecule has 0 spiro atoms. The van der Waals surface area contributed by atoms with Crippen LogP contribution in [0, 0.1) is 0 Å². The number of hydrogen-bond donors (Lipinski definition) is 2. The van der Waals surface area contributed by atoms with Crippen molar-refractivity contribution < 1.29 is 28.7 Å². The summed E-state index contributed by atoms with van der Waals surface area (Å²) in [6.07, 6.45) is 1.98. The molecule has 0 saturated heterocycles. The second-order valence-corrected chi connectivity index (χ2v) is 7.57. The van der Waals surface area contributed by atoms with Crippen LogP contribution in [0.5, 0.6) is 0 Å². The van der Waals surface area contributed by atoms with Gasteiger partial charge in [0.2, 0.25) is 5.91 Å². The number of aryl methyl sites for hydroxylation is 2. The van der Waals surface area contributed by atoms with E-state index >= 15 is 0 Å². The van der Waals surface area contributed by atoms with Crippen molar-refractivity contribution in [1.82, 2.24) is 0 Å². The standard InChI is InChI=1S/C26H32N2O6/c1-4-18-9-7-10-19(5-2)25(18)28-23(30)17-34-24(31)12-8-11-22(29)27-21-15-13-20(14-16-21)26(32)33-6-3/h7,9-10,13-16H,4-6,8,11-12,17H2,1-3H3,(H,27,29)(H,28,30). The maximum atomic E-state index is 12.3. The summed E-state index contributed by atoms with van der Waals surface area (Å²) in [5.74, 6) is -1.63. The molecule has 2 amide bonds. The molecule has 0 radical (unpaired) electrons. The van der Waals surface area contributed by atoms with Crippen LogP contribution in [0.1, 0.15) is 61.5 Å². The summed E-state index contributed by atoms with van der Waals surface area (Å²) >= 11 is 0. The summed E-state index contributed by atoms with van der Waals surface area (Å²) in [5, 5.41) is 5.55. The van der Waals surface area contributed by atoms with Crippen molar-refractivity contribution in [3.63, 3.8) is 0 Å². The molecule has 0 aliphatic carbocycles. The van der Waals surface area contributed by atoms with E-state index in [9.17, 15) is 19.2 Å². The highest BCUT2D eigenvalue weighted by Gasteiger charge is 2.13. The maximum Gasteiger partial charge on any atom is 0.338 e. The molecule has 0 aliphatic heterocycles. The quantitative estimate of drug-likeness (QED) is 0.450. The van der Waals surface area contributed by atoms with Crippen LogP contribution in [-0.4, -0.2) is 37.0 Å². The first-order valence-electron chi connectivity index (χ1n) is 11.5. The fourth-order valence-corrected chi connectivity index (χ4v) is 3.32. The average Bonchev–Trinajstić information content (AvgIpc) is 2.83. The number of carbonyl (C=O) groups excluding carboxylic acids is 4. The number of carbonyl (C=O) groups is 4. The van der Waals surface area contributed by atoms with Gasteiger partial charge in [0.1, 0.15) is 0 Å². The van der Waals surface area contributed by atoms with Crippen molar-refractivity contribution in [1.29, 1.82) is 0 Å². The first-order chi connectivity index (χ1) is 16.4. The van der Waals surface area contributed by atoms with E-state index in [2.05, 4.69) is 10.6 Å². The van der Waals surface area contributed by atoms with E-state index in [4.69, 9.17) is 9.47 Å². The molecular formula is C26H32N2O6. The van der Waals surface area contributed by atoms with Gasteiger partial charge in [-0.1, -0.05) is 32.0 Å². The Hall–Kier alpha value is -3.68. The maximum absolute atomic E-state index is 12.3. The number of rotatable bonds is 12. The lowest BCUT2D eigenvalue weighted by Crippen LogP contribution is -2.22. The van der Waals surface area contributed by atoms with Crippen molar-refractivity contribution in [2.24, 2.45) is 0 Å². The van der Waals surface area contributed by atoms with Gasteiger partial charge in [0.15, 0.2) is 6.61 Å². The number of hydrogen-bond acceptors (Lipinski definition) is 6. The van der Waals surface area contributed by atoms with Crippen molar-refractivity contribution >= 4 is 35.1 Å². The molecule has 0 aromatic heterocycles. The smallest absolute Gasteiger partial charge is 0.338 e. The molecule has 0 bridgehead atoms. The Labute approximate surface area is 200 Å². The Morgan fingerprint density at radius 3 is 2.00 bits per heavy atom. The van der Waals surface area contributed by atoms with Gasteiger partial charge in [-0.3, -0.25) is 14.4 Å². The number of para-hydroxylation sites is 1. The molecule has 2 aromatic rings. The van der Waals surface area contributed by atoms with Crippen molar-refractivity contribution in [2.75, 3.05) is 23.8 Å². The highest BCUT2D eigenvalue weighted by Crippen LogP contribution is 2.22. The van der Waals surface area contributed by atoms with Gasteiger partial charge in [-0.25, -0.2) is 4.79 Å². The summed E-state index contributed by atoms with van der Waals surface area (Å²) in [6.45, 7) is 5.67. The second-order valence-electron chi connectivity index (χ2n) is 7.57. The number of amides is 2. The van der Waals surface area contributed by atoms with E-state index in [1.165, 1.54) is 0 Å². The molecule has 8 nitrogen and oxygen atoms in total. The molecule has 8 heteroatoms. The van der Waals surface area contributed by atoms with Crippen LogP contribution in [0.4, 0.5) is 11.4 Å². The molecule has 0 unspecified atom stereocenters. The Morgan fingerprint density at radius 1 is 0.765 bits per heavy atom. The first kappa shape index (κ1) is 26.6. The zero-order valence-corrected chi connectivity index (χ0v) is 19.9. The molecule has 34 heavy (non-hydrogen) atoms. The normalized spacial score (nSPS) is 10.3. The zero-order valence-electron chi connectivity index (χ0n) is 19.9. The molecule has 2 N–H and O–H groups in total. The van der Waals surface area contributed by atoms with Gasteiger partial charge in [0, 0.05) is 24.2 Å². The van der Waals surface area contributed by atoms with Crippen LogP contribution in [0.2, 0.25) is 0 Å². The van der Waals surface area contributed by atoms with E-state index in [-0.39, 0.29) is 38.4 Å². The van der Waals surface area contributed by atoms with Gasteiger partial charge >= 0.3 is 11.9 Å². The molecule has 0 aliphatic rings. The number of esters is 2. The molecular weight excluding hydrogens is 436 g/mol. The van der Waals surface area contributed by atoms with Crippen LogP contribution >= 0.6 is 0 Å². The van der Waals surface area contributed by atoms with Crippen LogP contribution in [-0.2, 0) is 36.7 Å². The van der Waals surface area contributed by atoms with Crippen molar-refractivity contribution in [3.05, 3.63) is 59.2 Å². The predicted molar refractivity (Wildman–Crippen MR) is 130 cm³/mol. The molecule has 2 rings (SSSR count). The van der Waals surface area contributed by atoms with E-state index in [1.54, 1.807) is 31.2 Å². The van der Waals surface area contributed by atoms with Gasteiger partial charge in [0.25, 0.3) is 5.91 Å². The molecule has 0 atom stereocenters. The van der Waals surface area contributed by atoms with E-state index in [0.717, 1.165) is 29.7 Å². The first-order valence-corrected chi connectivity index (χ1v) is 11.5. The summed E-state index contributed by atoms with van der Waals surface area (Å²) < 4.78 is 9.97. The minimum absolute atomic E-state index is 0.0221. The van der Waals surface area contributed by atoms with Gasteiger partial charge in [0.05, 0.1) is 12.2 Å². The Bertz CT molecular complexity index is 979. The number of anilines is 2. The van der Waals surface area contributed by atoms with Crippen LogP contribution in [0.15, 0.2) is 42.5 Å². The molecule has 182 valence electrons. The Kier molecular flexibility index (Phi) is 10.8. The fraction of sp³-hybridized carbons (Fsp3) is 0.385. The summed E-state index contributed by atoms with van der Waals surface area (Å²) in [7, 11) is 0. The van der Waals surface area contributed by atoms with E-state index in [1.807, 2.05) is 32.0 Å². The van der Waals surface area contributed by atoms with Gasteiger partial charge in [-0.15, -0.1) is 0 Å². The molecule has 0 fully saturated rings. The highest BCUT2D eigenvalue weighted by atomic mass is 16.5. The molecule has 0 heterocycles. The number of benzene rings is 2. The lowest BCUT2D eigenvalue weighted by atomic mass is 10.0. The highest BCUT2D eigenvalue weighted by molar-refractivity contribution is 5.95. The minimum Gasteiger partial charge on any atom is -0.462 e. The molecule has 0 saturated carbocycles. The predicted octanol–water partition coefficient (Wildman–Crippen LogP) is 4.28. The average molecular weight is 469 g/mol. The minimum atomic E-state index is -0.541. The third kappa shape index (κ3) is 8.35. The lowest BCUT2D eigenvalue weighted by Gasteiger charge is -2.14.